The lowest BCUT2D eigenvalue weighted by Crippen LogP contribution is -2.29. The van der Waals surface area contributed by atoms with Crippen LogP contribution < -0.4 is 5.56 Å². The van der Waals surface area contributed by atoms with Gasteiger partial charge in [0.15, 0.2) is 0 Å². The first-order chi connectivity index (χ1) is 16.0. The van der Waals surface area contributed by atoms with Gasteiger partial charge >= 0.3 is 0 Å². The number of fused-ring (bicyclic) bond motifs is 3. The summed E-state index contributed by atoms with van der Waals surface area (Å²) in [6.45, 7) is 5.37. The van der Waals surface area contributed by atoms with Crippen LogP contribution in [0.1, 0.15) is 49.6 Å². The number of pyridine rings is 1. The first-order valence-corrected chi connectivity index (χ1v) is 11.5. The van der Waals surface area contributed by atoms with Crippen LogP contribution in [-0.2, 0) is 21.5 Å². The van der Waals surface area contributed by atoms with Crippen molar-refractivity contribution in [1.82, 2.24) is 14.5 Å². The van der Waals surface area contributed by atoms with Crippen LogP contribution in [0.4, 0.5) is 0 Å². The minimum atomic E-state index is -0.435. The lowest BCUT2D eigenvalue weighted by molar-refractivity contribution is 0.0155. The van der Waals surface area contributed by atoms with Crippen molar-refractivity contribution in [3.8, 4) is 0 Å². The zero-order valence-corrected chi connectivity index (χ0v) is 19.4. The second-order valence-corrected chi connectivity index (χ2v) is 9.22. The average molecular weight is 444 g/mol. The second-order valence-electron chi connectivity index (χ2n) is 9.22. The third-order valence-electron chi connectivity index (χ3n) is 6.81. The quantitative estimate of drug-likeness (QED) is 0.416. The second kappa shape index (κ2) is 8.69. The summed E-state index contributed by atoms with van der Waals surface area (Å²) in [6.07, 6.45) is 5.97. The molecule has 3 heterocycles. The van der Waals surface area contributed by atoms with Gasteiger partial charge in [0.25, 0.3) is 5.56 Å². The van der Waals surface area contributed by atoms with Crippen LogP contribution in [0.25, 0.3) is 21.7 Å². The number of nitrogens with zero attached hydrogens (tertiary/aromatic N) is 3. The third-order valence-corrected chi connectivity index (χ3v) is 6.81. The summed E-state index contributed by atoms with van der Waals surface area (Å²) in [5.41, 5.74) is 3.42. The maximum atomic E-state index is 13.5. The Hall–Kier alpha value is -3.09. The topological polar surface area (TPSA) is 66.2 Å². The van der Waals surface area contributed by atoms with Gasteiger partial charge in [0.05, 0.1) is 22.9 Å². The molecule has 6 nitrogen and oxygen atoms in total. The molecule has 170 valence electrons. The van der Waals surface area contributed by atoms with Crippen molar-refractivity contribution in [1.29, 1.82) is 0 Å². The highest BCUT2D eigenvalue weighted by Crippen LogP contribution is 2.29. The summed E-state index contributed by atoms with van der Waals surface area (Å²) in [4.78, 5) is 22.9. The van der Waals surface area contributed by atoms with Gasteiger partial charge in [-0.15, -0.1) is 0 Å². The number of benzene rings is 2. The average Bonchev–Trinajstić information content (AvgIpc) is 2.85. The highest BCUT2D eigenvalue weighted by atomic mass is 16.5. The number of rotatable bonds is 5. The molecule has 0 N–H and O–H groups in total. The van der Waals surface area contributed by atoms with Gasteiger partial charge in [-0.1, -0.05) is 30.3 Å². The molecule has 0 aliphatic carbocycles. The third kappa shape index (κ3) is 4.05. The normalized spacial score (nSPS) is 15.4. The molecule has 0 amide bonds. The Kier molecular flexibility index (Phi) is 5.72. The summed E-state index contributed by atoms with van der Waals surface area (Å²) in [5.74, 6) is 0. The number of methoxy groups -OCH3 is 1. The molecule has 0 radical (unpaired) electrons. The fourth-order valence-electron chi connectivity index (χ4n) is 4.63. The molecule has 1 aliphatic rings. The van der Waals surface area contributed by atoms with E-state index in [1.54, 1.807) is 18.0 Å². The highest BCUT2D eigenvalue weighted by molar-refractivity contribution is 6.06. The molecular formula is C27H29N3O3. The van der Waals surface area contributed by atoms with E-state index in [-0.39, 0.29) is 11.6 Å². The van der Waals surface area contributed by atoms with Crippen molar-refractivity contribution in [2.45, 2.75) is 44.8 Å². The molecule has 4 aromatic rings. The van der Waals surface area contributed by atoms with Gasteiger partial charge < -0.3 is 9.47 Å². The monoisotopic (exact) mass is 443 g/mol. The Morgan fingerprint density at radius 3 is 2.52 bits per heavy atom. The zero-order valence-electron chi connectivity index (χ0n) is 19.4. The van der Waals surface area contributed by atoms with E-state index in [1.807, 2.05) is 44.3 Å². The van der Waals surface area contributed by atoms with E-state index in [9.17, 15) is 4.79 Å². The van der Waals surface area contributed by atoms with Crippen molar-refractivity contribution in [2.75, 3.05) is 20.3 Å². The van der Waals surface area contributed by atoms with Gasteiger partial charge in [-0.3, -0.25) is 14.3 Å². The summed E-state index contributed by atoms with van der Waals surface area (Å²) in [6, 6.07) is 14.5. The highest BCUT2D eigenvalue weighted by Gasteiger charge is 2.22. The summed E-state index contributed by atoms with van der Waals surface area (Å²) in [5, 5.41) is 2.79. The van der Waals surface area contributed by atoms with E-state index in [4.69, 9.17) is 14.5 Å². The predicted octanol–water partition coefficient (Wildman–Crippen LogP) is 4.77. The molecule has 5 rings (SSSR count). The van der Waals surface area contributed by atoms with Gasteiger partial charge in [-0.05, 0) is 61.8 Å². The van der Waals surface area contributed by atoms with Crippen LogP contribution in [0.5, 0.6) is 0 Å². The fraction of sp³-hybridized carbons (Fsp3) is 0.370. The lowest BCUT2D eigenvalue weighted by Gasteiger charge is -2.24. The van der Waals surface area contributed by atoms with E-state index in [1.165, 1.54) is 0 Å². The molecule has 0 atom stereocenters. The zero-order chi connectivity index (χ0) is 23.0. The van der Waals surface area contributed by atoms with Crippen LogP contribution in [0, 0.1) is 0 Å². The molecule has 33 heavy (non-hydrogen) atoms. The van der Waals surface area contributed by atoms with Gasteiger partial charge in [0, 0.05) is 37.9 Å². The van der Waals surface area contributed by atoms with Crippen LogP contribution >= 0.6 is 0 Å². The number of hydrogen-bond donors (Lipinski definition) is 0. The number of hydrogen-bond acceptors (Lipinski definition) is 5. The largest absolute Gasteiger partial charge is 0.381 e. The van der Waals surface area contributed by atoms with E-state index in [0.717, 1.165) is 46.0 Å². The van der Waals surface area contributed by atoms with Gasteiger partial charge in [-0.2, -0.15) is 0 Å². The maximum absolute atomic E-state index is 13.5. The molecule has 0 spiro atoms. The van der Waals surface area contributed by atoms with Gasteiger partial charge in [0.1, 0.15) is 5.60 Å². The maximum Gasteiger partial charge on any atom is 0.261 e. The number of aromatic nitrogens is 3. The Morgan fingerprint density at radius 1 is 1.06 bits per heavy atom. The van der Waals surface area contributed by atoms with Crippen LogP contribution in [-0.4, -0.2) is 34.9 Å². The lowest BCUT2D eigenvalue weighted by atomic mass is 9.95. The van der Waals surface area contributed by atoms with Gasteiger partial charge in [0.2, 0.25) is 0 Å². The fourth-order valence-corrected chi connectivity index (χ4v) is 4.63. The standard InChI is InChI=1S/C27H29N3O3/c1-27(2,32-3)24-9-8-18(16-28-24)14-19-15-23-25(22-7-5-4-6-21(19)22)29-17-30(26(23)31)20-10-12-33-13-11-20/h4-9,15-17,20H,10-14H2,1-3H3. The van der Waals surface area contributed by atoms with Crippen molar-refractivity contribution in [3.05, 3.63) is 82.2 Å². The molecule has 1 aliphatic heterocycles. The summed E-state index contributed by atoms with van der Waals surface area (Å²) < 4.78 is 12.8. The Balaban J connectivity index is 1.60. The van der Waals surface area contributed by atoms with Crippen LogP contribution in [0.2, 0.25) is 0 Å². The molecule has 2 aromatic carbocycles. The van der Waals surface area contributed by atoms with Gasteiger partial charge in [-0.25, -0.2) is 4.98 Å². The molecule has 6 heteroatoms. The molecule has 1 saturated heterocycles. The van der Waals surface area contributed by atoms with Crippen LogP contribution in [0.15, 0.2) is 59.8 Å². The van der Waals surface area contributed by atoms with Crippen molar-refractivity contribution >= 4 is 21.7 Å². The first kappa shape index (κ1) is 21.7. The minimum absolute atomic E-state index is 0.0224. The minimum Gasteiger partial charge on any atom is -0.381 e. The Bertz CT molecular complexity index is 1350. The SMILES string of the molecule is COC(C)(C)c1ccc(Cc2cc3c(=O)n(C4CCOCC4)cnc3c3ccccc23)cn1. The Morgan fingerprint density at radius 2 is 1.82 bits per heavy atom. The van der Waals surface area contributed by atoms with Crippen LogP contribution in [0.3, 0.4) is 0 Å². The summed E-state index contributed by atoms with van der Waals surface area (Å²) in [7, 11) is 1.69. The molecule has 0 bridgehead atoms. The van der Waals surface area contributed by atoms with E-state index < -0.39 is 5.60 Å². The van der Waals surface area contributed by atoms with Crippen molar-refractivity contribution in [2.24, 2.45) is 0 Å². The molecule has 0 saturated carbocycles. The Labute approximate surface area is 193 Å². The molecular weight excluding hydrogens is 414 g/mol. The molecule has 1 fully saturated rings. The molecule has 0 unspecified atom stereocenters. The summed E-state index contributed by atoms with van der Waals surface area (Å²) >= 11 is 0. The smallest absolute Gasteiger partial charge is 0.261 e. The van der Waals surface area contributed by atoms with E-state index in [0.29, 0.717) is 25.0 Å². The van der Waals surface area contributed by atoms with Crippen molar-refractivity contribution < 1.29 is 9.47 Å². The number of ether oxygens (including phenoxy) is 2. The van der Waals surface area contributed by atoms with E-state index in [2.05, 4.69) is 23.2 Å². The predicted molar refractivity (Wildman–Crippen MR) is 130 cm³/mol. The molecule has 2 aromatic heterocycles. The van der Waals surface area contributed by atoms with Crippen molar-refractivity contribution in [3.63, 3.8) is 0 Å². The van der Waals surface area contributed by atoms with E-state index >= 15 is 0 Å². The first-order valence-electron chi connectivity index (χ1n) is 11.5.